The molecular formula is C15H10N4O2S2. The minimum atomic E-state index is -0.911. The van der Waals surface area contributed by atoms with E-state index in [1.54, 1.807) is 24.3 Å². The van der Waals surface area contributed by atoms with Crippen molar-refractivity contribution >= 4 is 50.8 Å². The summed E-state index contributed by atoms with van der Waals surface area (Å²) in [6, 6.07) is 11.0. The van der Waals surface area contributed by atoms with Crippen LogP contribution in [0.15, 0.2) is 40.9 Å². The summed E-state index contributed by atoms with van der Waals surface area (Å²) >= 11 is 2.55. The molecule has 1 aromatic carbocycles. The Kier molecular flexibility index (Phi) is 4.41. The molecule has 3 aromatic rings. The van der Waals surface area contributed by atoms with Crippen molar-refractivity contribution in [1.82, 2.24) is 9.97 Å². The number of carboxylic acid groups (broad SMARTS) is 1. The number of carboxylic acids is 1. The second kappa shape index (κ2) is 6.64. The third-order valence-electron chi connectivity index (χ3n) is 2.91. The molecule has 0 aliphatic heterocycles. The molecule has 0 atom stereocenters. The lowest BCUT2D eigenvalue weighted by atomic mass is 10.2. The van der Waals surface area contributed by atoms with Crippen LogP contribution in [-0.2, 0) is 4.79 Å². The minimum absolute atomic E-state index is 0.0901. The predicted molar refractivity (Wildman–Crippen MR) is 90.2 cm³/mol. The van der Waals surface area contributed by atoms with Crippen molar-refractivity contribution in [3.05, 3.63) is 41.3 Å². The Morgan fingerprint density at radius 1 is 1.30 bits per heavy atom. The molecule has 23 heavy (non-hydrogen) atoms. The van der Waals surface area contributed by atoms with Crippen LogP contribution in [0.3, 0.4) is 0 Å². The number of hydrogen-bond donors (Lipinski definition) is 2. The quantitative estimate of drug-likeness (QED) is 0.541. The Morgan fingerprint density at radius 3 is 2.78 bits per heavy atom. The van der Waals surface area contributed by atoms with Gasteiger partial charge in [0.25, 0.3) is 0 Å². The monoisotopic (exact) mass is 342 g/mol. The van der Waals surface area contributed by atoms with Gasteiger partial charge in [0.15, 0.2) is 5.16 Å². The number of fused-ring (bicyclic) bond motifs is 1. The Hall–Kier alpha value is -2.63. The van der Waals surface area contributed by atoms with E-state index < -0.39 is 5.97 Å². The summed E-state index contributed by atoms with van der Waals surface area (Å²) < 4.78 is 0. The van der Waals surface area contributed by atoms with Crippen LogP contribution >= 0.6 is 23.1 Å². The summed E-state index contributed by atoms with van der Waals surface area (Å²) in [5.74, 6) is -0.381. The molecule has 3 rings (SSSR count). The van der Waals surface area contributed by atoms with Crippen LogP contribution in [0.1, 0.15) is 5.56 Å². The lowest BCUT2D eigenvalue weighted by Gasteiger charge is -2.08. The van der Waals surface area contributed by atoms with Gasteiger partial charge in [-0.2, -0.15) is 5.26 Å². The van der Waals surface area contributed by atoms with Crippen molar-refractivity contribution in [2.75, 3.05) is 11.1 Å². The molecule has 8 heteroatoms. The molecule has 0 radical (unpaired) electrons. The number of carbonyl (C=O) groups is 1. The molecule has 0 aliphatic carbocycles. The average Bonchev–Trinajstić information content (AvgIpc) is 3.02. The molecule has 0 unspecified atom stereocenters. The number of hydrogen-bond acceptors (Lipinski definition) is 7. The first-order valence-electron chi connectivity index (χ1n) is 6.53. The third kappa shape index (κ3) is 3.59. The number of anilines is 2. The molecule has 0 aliphatic rings. The smallest absolute Gasteiger partial charge is 0.313 e. The fraction of sp³-hybridized carbons (Fsp3) is 0.0667. The Morgan fingerprint density at radius 2 is 2.09 bits per heavy atom. The van der Waals surface area contributed by atoms with E-state index in [1.165, 1.54) is 11.3 Å². The molecule has 0 spiro atoms. The van der Waals surface area contributed by atoms with E-state index in [2.05, 4.69) is 21.4 Å². The van der Waals surface area contributed by atoms with E-state index in [0.717, 1.165) is 27.7 Å². The van der Waals surface area contributed by atoms with Gasteiger partial charge in [-0.1, -0.05) is 11.8 Å². The molecule has 2 heterocycles. The number of thiophene rings is 1. The molecule has 2 aromatic heterocycles. The summed E-state index contributed by atoms with van der Waals surface area (Å²) in [6.45, 7) is 0. The Bertz CT molecular complexity index is 900. The van der Waals surface area contributed by atoms with Crippen molar-refractivity contribution < 1.29 is 9.90 Å². The van der Waals surface area contributed by atoms with Gasteiger partial charge in [-0.05, 0) is 35.7 Å². The predicted octanol–water partition coefficient (Wildman–Crippen LogP) is 3.48. The number of aliphatic carboxylic acids is 1. The standard InChI is InChI=1S/C15H10N4O2S2/c16-7-9-1-3-10(4-2-9)17-13-11-5-6-22-14(11)19-15(18-13)23-8-12(20)21/h1-6H,8H2,(H,20,21)(H,17,18,19). The maximum Gasteiger partial charge on any atom is 0.313 e. The fourth-order valence-electron chi connectivity index (χ4n) is 1.89. The Labute approximate surface area is 139 Å². The number of nitriles is 1. The van der Waals surface area contributed by atoms with Crippen molar-refractivity contribution in [2.45, 2.75) is 5.16 Å². The van der Waals surface area contributed by atoms with Crippen molar-refractivity contribution in [3.63, 3.8) is 0 Å². The summed E-state index contributed by atoms with van der Waals surface area (Å²) in [4.78, 5) is 20.3. The number of rotatable bonds is 5. The number of nitrogens with zero attached hydrogens (tertiary/aromatic N) is 3. The molecule has 0 fully saturated rings. The number of nitrogens with one attached hydrogen (secondary N) is 1. The summed E-state index contributed by atoms with van der Waals surface area (Å²) in [5.41, 5.74) is 1.38. The zero-order valence-electron chi connectivity index (χ0n) is 11.7. The van der Waals surface area contributed by atoms with Crippen LogP contribution in [0.2, 0.25) is 0 Å². The topological polar surface area (TPSA) is 98.9 Å². The van der Waals surface area contributed by atoms with Gasteiger partial charge >= 0.3 is 5.97 Å². The molecule has 0 saturated heterocycles. The largest absolute Gasteiger partial charge is 0.481 e. The molecule has 2 N–H and O–H groups in total. The highest BCUT2D eigenvalue weighted by atomic mass is 32.2. The zero-order chi connectivity index (χ0) is 16.2. The molecule has 0 saturated carbocycles. The van der Waals surface area contributed by atoms with Gasteiger partial charge in [0.05, 0.1) is 22.8 Å². The van der Waals surface area contributed by atoms with Crippen molar-refractivity contribution in [2.24, 2.45) is 0 Å². The van der Waals surface area contributed by atoms with Crippen LogP contribution in [0.5, 0.6) is 0 Å². The van der Waals surface area contributed by atoms with Gasteiger partial charge in [-0.25, -0.2) is 9.97 Å². The molecular weight excluding hydrogens is 332 g/mol. The highest BCUT2D eigenvalue weighted by Gasteiger charge is 2.11. The summed E-state index contributed by atoms with van der Waals surface area (Å²) in [7, 11) is 0. The van der Waals surface area contributed by atoms with E-state index in [4.69, 9.17) is 10.4 Å². The van der Waals surface area contributed by atoms with Crippen molar-refractivity contribution in [3.8, 4) is 6.07 Å². The van der Waals surface area contributed by atoms with Gasteiger partial charge in [0.2, 0.25) is 0 Å². The fourth-order valence-corrected chi connectivity index (χ4v) is 3.27. The highest BCUT2D eigenvalue weighted by Crippen LogP contribution is 2.30. The normalized spacial score (nSPS) is 10.4. The second-order valence-corrected chi connectivity index (χ2v) is 6.33. The first-order chi connectivity index (χ1) is 11.2. The lowest BCUT2D eigenvalue weighted by molar-refractivity contribution is -0.133. The van der Waals surface area contributed by atoms with Crippen LogP contribution in [-0.4, -0.2) is 26.8 Å². The summed E-state index contributed by atoms with van der Waals surface area (Å²) in [5, 5.41) is 24.0. The van der Waals surface area contributed by atoms with E-state index in [9.17, 15) is 4.79 Å². The maximum absolute atomic E-state index is 10.7. The van der Waals surface area contributed by atoms with E-state index in [-0.39, 0.29) is 5.75 Å². The van der Waals surface area contributed by atoms with Gasteiger partial charge in [-0.15, -0.1) is 11.3 Å². The Balaban J connectivity index is 1.92. The minimum Gasteiger partial charge on any atom is -0.481 e. The molecule has 0 bridgehead atoms. The van der Waals surface area contributed by atoms with Crippen LogP contribution < -0.4 is 5.32 Å². The van der Waals surface area contributed by atoms with Gasteiger partial charge < -0.3 is 10.4 Å². The second-order valence-electron chi connectivity index (χ2n) is 4.49. The van der Waals surface area contributed by atoms with Crippen LogP contribution in [0.25, 0.3) is 10.2 Å². The molecule has 0 amide bonds. The van der Waals surface area contributed by atoms with Crippen LogP contribution in [0, 0.1) is 11.3 Å². The zero-order valence-corrected chi connectivity index (χ0v) is 13.3. The van der Waals surface area contributed by atoms with Crippen LogP contribution in [0.4, 0.5) is 11.5 Å². The number of thioether (sulfide) groups is 1. The number of aromatic nitrogens is 2. The van der Waals surface area contributed by atoms with E-state index in [1.807, 2.05) is 11.4 Å². The molecule has 6 nitrogen and oxygen atoms in total. The number of benzene rings is 1. The summed E-state index contributed by atoms with van der Waals surface area (Å²) in [6.07, 6.45) is 0. The third-order valence-corrected chi connectivity index (χ3v) is 4.54. The van der Waals surface area contributed by atoms with Crippen molar-refractivity contribution in [1.29, 1.82) is 5.26 Å². The van der Waals surface area contributed by atoms with Gasteiger partial charge in [-0.3, -0.25) is 4.79 Å². The first kappa shape index (κ1) is 15.3. The first-order valence-corrected chi connectivity index (χ1v) is 8.39. The van der Waals surface area contributed by atoms with Gasteiger partial charge in [0.1, 0.15) is 10.6 Å². The SMILES string of the molecule is N#Cc1ccc(Nc2nc(SCC(=O)O)nc3sccc23)cc1. The average molecular weight is 342 g/mol. The maximum atomic E-state index is 10.7. The van der Waals surface area contributed by atoms with E-state index in [0.29, 0.717) is 16.5 Å². The van der Waals surface area contributed by atoms with Gasteiger partial charge in [0, 0.05) is 5.69 Å². The van der Waals surface area contributed by atoms with E-state index >= 15 is 0 Å². The highest BCUT2D eigenvalue weighted by molar-refractivity contribution is 7.99. The lowest BCUT2D eigenvalue weighted by Crippen LogP contribution is -2.01. The molecule has 114 valence electrons.